The van der Waals surface area contributed by atoms with Gasteiger partial charge in [-0.05, 0) is 55.5 Å². The van der Waals surface area contributed by atoms with E-state index < -0.39 is 0 Å². The normalized spacial score (nSPS) is 26.2. The molecule has 2 aromatic rings. The average Bonchev–Trinajstić information content (AvgIpc) is 2.89. The van der Waals surface area contributed by atoms with Crippen molar-refractivity contribution in [2.45, 2.75) is 44.8 Å². The molecule has 0 spiro atoms. The second kappa shape index (κ2) is 7.16. The van der Waals surface area contributed by atoms with Crippen LogP contribution in [0.1, 0.15) is 42.1 Å². The minimum absolute atomic E-state index is 0.0171. The van der Waals surface area contributed by atoms with E-state index in [4.69, 9.17) is 0 Å². The van der Waals surface area contributed by atoms with Crippen molar-refractivity contribution >= 4 is 5.91 Å². The summed E-state index contributed by atoms with van der Waals surface area (Å²) in [4.78, 5) is 19.6. The SMILES string of the molecule is Cc1cccnc1CN1[C@H](c2ccc(F)cc2)C[C@H]2C(=O)NCCC[C@@H]21. The largest absolute Gasteiger partial charge is 0.356 e. The average molecular weight is 353 g/mol. The molecule has 2 fully saturated rings. The number of rotatable bonds is 3. The number of halogens is 1. The highest BCUT2D eigenvalue weighted by molar-refractivity contribution is 5.80. The van der Waals surface area contributed by atoms with Crippen LogP contribution in [0.15, 0.2) is 42.6 Å². The van der Waals surface area contributed by atoms with E-state index in [0.717, 1.165) is 42.6 Å². The fourth-order valence-electron chi connectivity index (χ4n) is 4.39. The van der Waals surface area contributed by atoms with Gasteiger partial charge in [-0.15, -0.1) is 0 Å². The molecule has 1 amide bonds. The summed E-state index contributed by atoms with van der Waals surface area (Å²) in [6.45, 7) is 3.54. The minimum atomic E-state index is -0.231. The number of hydrogen-bond acceptors (Lipinski definition) is 3. The van der Waals surface area contributed by atoms with Crippen molar-refractivity contribution < 1.29 is 9.18 Å². The lowest BCUT2D eigenvalue weighted by Crippen LogP contribution is -2.37. The molecule has 0 saturated carbocycles. The van der Waals surface area contributed by atoms with Gasteiger partial charge in [0.05, 0.1) is 11.6 Å². The summed E-state index contributed by atoms with van der Waals surface area (Å²) in [6, 6.07) is 11.0. The van der Waals surface area contributed by atoms with Crippen LogP contribution >= 0.6 is 0 Å². The lowest BCUT2D eigenvalue weighted by molar-refractivity contribution is -0.125. The first-order chi connectivity index (χ1) is 12.6. The Morgan fingerprint density at radius 3 is 2.85 bits per heavy atom. The van der Waals surface area contributed by atoms with Crippen LogP contribution in [0, 0.1) is 18.7 Å². The molecule has 0 bridgehead atoms. The first-order valence-corrected chi connectivity index (χ1v) is 9.33. The number of aromatic nitrogens is 1. The van der Waals surface area contributed by atoms with Crippen LogP contribution in [0.2, 0.25) is 0 Å². The van der Waals surface area contributed by atoms with E-state index >= 15 is 0 Å². The van der Waals surface area contributed by atoms with Crippen molar-refractivity contribution in [2.24, 2.45) is 5.92 Å². The number of likely N-dealkylation sites (tertiary alicyclic amines) is 1. The monoisotopic (exact) mass is 353 g/mol. The number of nitrogens with one attached hydrogen (secondary N) is 1. The van der Waals surface area contributed by atoms with E-state index in [9.17, 15) is 9.18 Å². The van der Waals surface area contributed by atoms with E-state index in [1.165, 1.54) is 12.1 Å². The number of benzene rings is 1. The maximum atomic E-state index is 13.4. The predicted octanol–water partition coefficient (Wildman–Crippen LogP) is 3.37. The zero-order chi connectivity index (χ0) is 18.1. The molecule has 2 saturated heterocycles. The number of pyridine rings is 1. The highest BCUT2D eigenvalue weighted by Crippen LogP contribution is 2.43. The Morgan fingerprint density at radius 1 is 1.27 bits per heavy atom. The Balaban J connectivity index is 1.69. The Bertz CT molecular complexity index is 792. The summed E-state index contributed by atoms with van der Waals surface area (Å²) < 4.78 is 13.4. The van der Waals surface area contributed by atoms with Gasteiger partial charge in [-0.3, -0.25) is 14.7 Å². The maximum Gasteiger partial charge on any atom is 0.224 e. The standard InChI is InChI=1S/C21H24FN3O/c1-14-4-2-10-23-18(14)13-25-19-5-3-11-24-21(26)17(19)12-20(25)15-6-8-16(22)9-7-15/h2,4,6-10,17,19-20H,3,5,11-13H2,1H3,(H,24,26)/t17-,19+,20+/m1/s1. The lowest BCUT2D eigenvalue weighted by atomic mass is 9.94. The van der Waals surface area contributed by atoms with Crippen LogP contribution in [0.3, 0.4) is 0 Å². The van der Waals surface area contributed by atoms with Crippen molar-refractivity contribution in [2.75, 3.05) is 6.54 Å². The fraction of sp³-hybridized carbons (Fsp3) is 0.429. The summed E-state index contributed by atoms with van der Waals surface area (Å²) in [5.74, 6) is -0.0951. The third kappa shape index (κ3) is 3.23. The highest BCUT2D eigenvalue weighted by Gasteiger charge is 2.45. The van der Waals surface area contributed by atoms with Crippen LogP contribution < -0.4 is 5.32 Å². The van der Waals surface area contributed by atoms with Gasteiger partial charge in [-0.25, -0.2) is 4.39 Å². The number of fused-ring (bicyclic) bond motifs is 1. The summed E-state index contributed by atoms with van der Waals surface area (Å²) in [6.07, 6.45) is 4.57. The highest BCUT2D eigenvalue weighted by atomic mass is 19.1. The molecular weight excluding hydrogens is 329 g/mol. The maximum absolute atomic E-state index is 13.4. The van der Waals surface area contributed by atoms with Crippen LogP contribution in [0.4, 0.5) is 4.39 Å². The van der Waals surface area contributed by atoms with Crippen molar-refractivity contribution in [3.8, 4) is 0 Å². The second-order valence-electron chi connectivity index (χ2n) is 7.35. The van der Waals surface area contributed by atoms with Gasteiger partial charge in [0, 0.05) is 31.4 Å². The molecule has 4 rings (SSSR count). The summed E-state index contributed by atoms with van der Waals surface area (Å²) in [7, 11) is 0. The van der Waals surface area contributed by atoms with Gasteiger partial charge >= 0.3 is 0 Å². The molecule has 0 radical (unpaired) electrons. The van der Waals surface area contributed by atoms with Crippen LogP contribution in [-0.2, 0) is 11.3 Å². The zero-order valence-corrected chi connectivity index (χ0v) is 15.0. The molecular formula is C21H24FN3O. The van der Waals surface area contributed by atoms with Crippen LogP contribution in [0.25, 0.3) is 0 Å². The van der Waals surface area contributed by atoms with Gasteiger partial charge < -0.3 is 5.32 Å². The molecule has 26 heavy (non-hydrogen) atoms. The van der Waals surface area contributed by atoms with E-state index in [1.54, 1.807) is 0 Å². The Morgan fingerprint density at radius 2 is 2.08 bits per heavy atom. The Labute approximate surface area is 153 Å². The second-order valence-corrected chi connectivity index (χ2v) is 7.35. The van der Waals surface area contributed by atoms with Crippen LogP contribution in [-0.4, -0.2) is 28.4 Å². The summed E-state index contributed by atoms with van der Waals surface area (Å²) >= 11 is 0. The smallest absolute Gasteiger partial charge is 0.224 e. The molecule has 1 N–H and O–H groups in total. The van der Waals surface area contributed by atoms with Gasteiger partial charge in [-0.2, -0.15) is 0 Å². The Hall–Kier alpha value is -2.27. The molecule has 136 valence electrons. The van der Waals surface area contributed by atoms with Crippen molar-refractivity contribution in [1.82, 2.24) is 15.2 Å². The summed E-state index contributed by atoms with van der Waals surface area (Å²) in [5.41, 5.74) is 3.28. The molecule has 2 aliphatic heterocycles. The number of aryl methyl sites for hydroxylation is 1. The molecule has 0 aliphatic carbocycles. The molecule has 0 unspecified atom stereocenters. The molecule has 3 atom stereocenters. The number of hydrogen-bond donors (Lipinski definition) is 1. The topological polar surface area (TPSA) is 45.2 Å². The van der Waals surface area contributed by atoms with E-state index in [1.807, 2.05) is 24.4 Å². The van der Waals surface area contributed by atoms with Crippen molar-refractivity contribution in [1.29, 1.82) is 0 Å². The summed E-state index contributed by atoms with van der Waals surface area (Å²) in [5, 5.41) is 3.05. The first-order valence-electron chi connectivity index (χ1n) is 9.33. The molecule has 4 nitrogen and oxygen atoms in total. The number of carbonyl (C=O) groups excluding carboxylic acids is 1. The third-order valence-electron chi connectivity index (χ3n) is 5.79. The van der Waals surface area contributed by atoms with Gasteiger partial charge in [-0.1, -0.05) is 18.2 Å². The van der Waals surface area contributed by atoms with E-state index in [-0.39, 0.29) is 29.7 Å². The zero-order valence-electron chi connectivity index (χ0n) is 15.0. The van der Waals surface area contributed by atoms with Gasteiger partial charge in [0.25, 0.3) is 0 Å². The van der Waals surface area contributed by atoms with E-state index in [0.29, 0.717) is 6.54 Å². The molecule has 1 aromatic heterocycles. The Kier molecular flexibility index (Phi) is 4.72. The van der Waals surface area contributed by atoms with Gasteiger partial charge in [0.15, 0.2) is 0 Å². The van der Waals surface area contributed by atoms with Crippen molar-refractivity contribution in [3.05, 3.63) is 65.2 Å². The number of nitrogens with zero attached hydrogens (tertiary/aromatic N) is 2. The molecule has 1 aromatic carbocycles. The molecule has 5 heteroatoms. The lowest BCUT2D eigenvalue weighted by Gasteiger charge is -2.31. The third-order valence-corrected chi connectivity index (χ3v) is 5.79. The minimum Gasteiger partial charge on any atom is -0.356 e. The number of carbonyl (C=O) groups is 1. The van der Waals surface area contributed by atoms with Crippen LogP contribution in [0.5, 0.6) is 0 Å². The quantitative estimate of drug-likeness (QED) is 0.920. The first kappa shape index (κ1) is 17.2. The van der Waals surface area contributed by atoms with Gasteiger partial charge in [0.1, 0.15) is 5.82 Å². The van der Waals surface area contributed by atoms with Crippen molar-refractivity contribution in [3.63, 3.8) is 0 Å². The molecule has 2 aliphatic rings. The molecule has 3 heterocycles. The predicted molar refractivity (Wildman–Crippen MR) is 97.8 cm³/mol. The fourth-order valence-corrected chi connectivity index (χ4v) is 4.39. The van der Waals surface area contributed by atoms with E-state index in [2.05, 4.69) is 28.2 Å². The number of amides is 1. The van der Waals surface area contributed by atoms with Gasteiger partial charge in [0.2, 0.25) is 5.91 Å².